The lowest BCUT2D eigenvalue weighted by atomic mass is 10.1. The predicted octanol–water partition coefficient (Wildman–Crippen LogP) is 6.26. The Labute approximate surface area is 197 Å². The Morgan fingerprint density at radius 2 is 1.06 bits per heavy atom. The van der Waals surface area contributed by atoms with Crippen molar-refractivity contribution >= 4 is 5.91 Å². The van der Waals surface area contributed by atoms with Crippen molar-refractivity contribution in [3.8, 4) is 0 Å². The van der Waals surface area contributed by atoms with Gasteiger partial charge in [-0.3, -0.25) is 4.79 Å². The average molecular weight is 458 g/mol. The third kappa shape index (κ3) is 22.3. The van der Waals surface area contributed by atoms with Crippen molar-refractivity contribution in [2.45, 2.75) is 122 Å². The van der Waals surface area contributed by atoms with Crippen molar-refractivity contribution in [1.29, 1.82) is 0 Å². The van der Waals surface area contributed by atoms with Gasteiger partial charge in [-0.15, -0.1) is 0 Å². The fourth-order valence-electron chi connectivity index (χ4n) is 3.57. The Balaban J connectivity index is 3.41. The van der Waals surface area contributed by atoms with Crippen molar-refractivity contribution in [3.05, 3.63) is 12.2 Å². The lowest BCUT2D eigenvalue weighted by Crippen LogP contribution is -2.33. The van der Waals surface area contributed by atoms with Gasteiger partial charge in [-0.1, -0.05) is 101 Å². The first-order valence-corrected chi connectivity index (χ1v) is 13.2. The Bertz CT molecular complexity index is 409. The summed E-state index contributed by atoms with van der Waals surface area (Å²) in [5.74, 6) is -0.270. The van der Waals surface area contributed by atoms with Crippen LogP contribution in [0.1, 0.15) is 122 Å². The first kappa shape index (κ1) is 31.0. The number of unbranched alkanes of at least 4 members (excludes halogenated alkanes) is 15. The second-order valence-electron chi connectivity index (χ2n) is 8.51. The zero-order valence-corrected chi connectivity index (χ0v) is 20.8. The van der Waals surface area contributed by atoms with Gasteiger partial charge in [0, 0.05) is 6.42 Å². The summed E-state index contributed by atoms with van der Waals surface area (Å²) in [6.07, 6.45) is 26.5. The van der Waals surface area contributed by atoms with Crippen LogP contribution in [0.4, 0.5) is 0 Å². The van der Waals surface area contributed by atoms with E-state index in [-0.39, 0.29) is 32.3 Å². The van der Waals surface area contributed by atoms with Crippen LogP contribution in [0.2, 0.25) is 0 Å². The second-order valence-corrected chi connectivity index (χ2v) is 8.51. The standard InChI is InChI=1S/C26H51NO5/c1-2-3-4-5-6-7-8-9-10-11-12-13-14-15-16-17-18-19-20-21-26(30)27(31-24-22-28)32-25-23-29/h9-10,28-29H,2-8,11-25H2,1H3. The summed E-state index contributed by atoms with van der Waals surface area (Å²) >= 11 is 0. The van der Waals surface area contributed by atoms with Crippen LogP contribution in [0.5, 0.6) is 0 Å². The molecule has 0 unspecified atom stereocenters. The molecule has 0 fully saturated rings. The molecule has 32 heavy (non-hydrogen) atoms. The molecule has 6 heteroatoms. The Kier molecular flexibility index (Phi) is 25.5. The highest BCUT2D eigenvalue weighted by molar-refractivity contribution is 5.73. The molecule has 0 heterocycles. The van der Waals surface area contributed by atoms with Gasteiger partial charge in [0.1, 0.15) is 13.2 Å². The van der Waals surface area contributed by atoms with E-state index in [4.69, 9.17) is 19.9 Å². The second kappa shape index (κ2) is 26.3. The van der Waals surface area contributed by atoms with E-state index < -0.39 is 0 Å². The van der Waals surface area contributed by atoms with Crippen LogP contribution in [0.15, 0.2) is 12.2 Å². The number of rotatable bonds is 25. The summed E-state index contributed by atoms with van der Waals surface area (Å²) in [6.45, 7) is 1.87. The van der Waals surface area contributed by atoms with Crippen LogP contribution in [-0.4, -0.2) is 47.8 Å². The van der Waals surface area contributed by atoms with E-state index in [1.54, 1.807) is 0 Å². The van der Waals surface area contributed by atoms with E-state index in [0.29, 0.717) is 6.42 Å². The number of nitrogens with zero attached hydrogens (tertiary/aromatic N) is 1. The molecule has 2 N–H and O–H groups in total. The molecule has 0 radical (unpaired) electrons. The van der Waals surface area contributed by atoms with Crippen molar-refractivity contribution in [3.63, 3.8) is 0 Å². The van der Waals surface area contributed by atoms with Crippen molar-refractivity contribution in [1.82, 2.24) is 5.23 Å². The summed E-state index contributed by atoms with van der Waals surface area (Å²) in [4.78, 5) is 22.1. The molecule has 0 atom stereocenters. The van der Waals surface area contributed by atoms with E-state index in [1.165, 1.54) is 89.9 Å². The van der Waals surface area contributed by atoms with Crippen molar-refractivity contribution in [2.75, 3.05) is 26.4 Å². The highest BCUT2D eigenvalue weighted by atomic mass is 17.0. The minimum Gasteiger partial charge on any atom is -0.394 e. The molecular formula is C26H51NO5. The number of aliphatic hydroxyl groups is 2. The number of hydroxylamine groups is 2. The Morgan fingerprint density at radius 3 is 1.50 bits per heavy atom. The van der Waals surface area contributed by atoms with Gasteiger partial charge in [0.05, 0.1) is 13.2 Å². The number of hydrogen-bond donors (Lipinski definition) is 2. The Morgan fingerprint density at radius 1 is 0.656 bits per heavy atom. The molecule has 0 aliphatic rings. The smallest absolute Gasteiger partial charge is 0.273 e. The van der Waals surface area contributed by atoms with Crippen LogP contribution in [0.3, 0.4) is 0 Å². The molecule has 0 rings (SSSR count). The molecule has 0 saturated heterocycles. The molecule has 0 aromatic carbocycles. The molecule has 0 bridgehead atoms. The predicted molar refractivity (Wildman–Crippen MR) is 131 cm³/mol. The molecule has 0 aromatic rings. The van der Waals surface area contributed by atoms with Crippen molar-refractivity contribution < 1.29 is 24.7 Å². The molecule has 6 nitrogen and oxygen atoms in total. The van der Waals surface area contributed by atoms with Gasteiger partial charge in [-0.05, 0) is 32.1 Å². The number of amides is 1. The highest BCUT2D eigenvalue weighted by Gasteiger charge is 2.15. The van der Waals surface area contributed by atoms with Gasteiger partial charge in [-0.2, -0.15) is 0 Å². The van der Waals surface area contributed by atoms with Gasteiger partial charge < -0.3 is 10.2 Å². The molecule has 0 aliphatic heterocycles. The normalized spacial score (nSPS) is 11.5. The number of hydrogen-bond acceptors (Lipinski definition) is 5. The summed E-state index contributed by atoms with van der Waals surface area (Å²) in [5, 5.41) is 18.4. The van der Waals surface area contributed by atoms with Crippen LogP contribution in [-0.2, 0) is 14.5 Å². The number of allylic oxidation sites excluding steroid dienone is 2. The summed E-state index contributed by atoms with van der Waals surface area (Å²) in [6, 6.07) is 0. The topological polar surface area (TPSA) is 79.2 Å². The largest absolute Gasteiger partial charge is 0.394 e. The van der Waals surface area contributed by atoms with Crippen molar-refractivity contribution in [2.24, 2.45) is 0 Å². The quantitative estimate of drug-likeness (QED) is 0.0960. The molecule has 190 valence electrons. The molecule has 0 aliphatic carbocycles. The summed E-state index contributed by atoms with van der Waals surface area (Å²) < 4.78 is 0. The van der Waals surface area contributed by atoms with E-state index in [9.17, 15) is 4.79 Å². The maximum atomic E-state index is 12.0. The minimum atomic E-state index is -0.270. The van der Waals surface area contributed by atoms with Crippen LogP contribution in [0, 0.1) is 0 Å². The Hall–Kier alpha value is -0.950. The van der Waals surface area contributed by atoms with E-state index >= 15 is 0 Å². The fraction of sp³-hybridized carbons (Fsp3) is 0.885. The van der Waals surface area contributed by atoms with E-state index in [1.807, 2.05) is 0 Å². The zero-order chi connectivity index (χ0) is 23.5. The monoisotopic (exact) mass is 457 g/mol. The first-order chi connectivity index (χ1) is 15.8. The van der Waals surface area contributed by atoms with Gasteiger partial charge in [0.2, 0.25) is 0 Å². The molecule has 0 aromatic heterocycles. The lowest BCUT2D eigenvalue weighted by molar-refractivity contribution is -0.345. The molecule has 0 spiro atoms. The van der Waals surface area contributed by atoms with Crippen LogP contribution < -0.4 is 0 Å². The number of carbonyl (C=O) groups is 1. The third-order valence-corrected chi connectivity index (χ3v) is 5.46. The number of aliphatic hydroxyl groups excluding tert-OH is 2. The highest BCUT2D eigenvalue weighted by Crippen LogP contribution is 2.13. The van der Waals surface area contributed by atoms with E-state index in [2.05, 4.69) is 19.1 Å². The minimum absolute atomic E-state index is 0.00729. The summed E-state index contributed by atoms with van der Waals surface area (Å²) in [7, 11) is 0. The lowest BCUT2D eigenvalue weighted by Gasteiger charge is -2.19. The SMILES string of the molecule is CCCCCCCCC=CCCCCCCCCCCCC(=O)N(OCCO)OCCO. The summed E-state index contributed by atoms with van der Waals surface area (Å²) in [5.41, 5.74) is 0. The van der Waals surface area contributed by atoms with Gasteiger partial charge >= 0.3 is 0 Å². The average Bonchev–Trinajstić information content (AvgIpc) is 2.80. The maximum Gasteiger partial charge on any atom is 0.273 e. The maximum absolute atomic E-state index is 12.0. The van der Waals surface area contributed by atoms with E-state index in [0.717, 1.165) is 24.5 Å². The fourth-order valence-corrected chi connectivity index (χ4v) is 3.57. The molecule has 0 saturated carbocycles. The third-order valence-electron chi connectivity index (χ3n) is 5.46. The van der Waals surface area contributed by atoms with Gasteiger partial charge in [-0.25, -0.2) is 9.68 Å². The van der Waals surface area contributed by atoms with Gasteiger partial charge in [0.25, 0.3) is 5.91 Å². The van der Waals surface area contributed by atoms with Crippen LogP contribution in [0.25, 0.3) is 0 Å². The first-order valence-electron chi connectivity index (χ1n) is 13.2. The van der Waals surface area contributed by atoms with Crippen LogP contribution >= 0.6 is 0 Å². The molecule has 1 amide bonds. The van der Waals surface area contributed by atoms with Gasteiger partial charge in [0.15, 0.2) is 0 Å². The number of carbonyl (C=O) groups excluding carboxylic acids is 1. The molecular weight excluding hydrogens is 406 g/mol. The zero-order valence-electron chi connectivity index (χ0n) is 20.8.